The minimum atomic E-state index is -1.13. The van der Waals surface area contributed by atoms with E-state index < -0.39 is 18.0 Å². The molecule has 0 fully saturated rings. The third-order valence-corrected chi connectivity index (χ3v) is 4.80. The number of anilines is 1. The number of carbonyl (C=O) groups is 2. The Kier molecular flexibility index (Phi) is 6.92. The molecule has 31 heavy (non-hydrogen) atoms. The van der Waals surface area contributed by atoms with Crippen molar-refractivity contribution in [3.63, 3.8) is 0 Å². The van der Waals surface area contributed by atoms with Gasteiger partial charge in [-0.25, -0.2) is 4.79 Å². The van der Waals surface area contributed by atoms with E-state index in [1.165, 1.54) is 26.4 Å². The minimum absolute atomic E-state index is 0.219. The van der Waals surface area contributed by atoms with Crippen LogP contribution in [0.2, 0.25) is 0 Å². The fourth-order valence-corrected chi connectivity index (χ4v) is 3.07. The zero-order valence-corrected chi connectivity index (χ0v) is 18.0. The average Bonchev–Trinajstić information content (AvgIpc) is 2.79. The first kappa shape index (κ1) is 21.9. The molecule has 1 atom stereocenters. The first-order valence-electron chi connectivity index (χ1n) is 9.78. The Bertz CT molecular complexity index is 1060. The maximum atomic E-state index is 13.2. The summed E-state index contributed by atoms with van der Waals surface area (Å²) in [6, 6.07) is 19.4. The quantitative estimate of drug-likeness (QED) is 0.554. The van der Waals surface area contributed by atoms with Gasteiger partial charge >= 0.3 is 5.97 Å². The molecule has 0 bridgehead atoms. The van der Waals surface area contributed by atoms with Crippen molar-refractivity contribution in [3.05, 3.63) is 89.0 Å². The molecule has 1 amide bonds. The van der Waals surface area contributed by atoms with Gasteiger partial charge < -0.3 is 19.5 Å². The molecule has 0 radical (unpaired) electrons. The van der Waals surface area contributed by atoms with E-state index in [9.17, 15) is 9.59 Å². The number of hydrogen-bond donors (Lipinski definition) is 1. The van der Waals surface area contributed by atoms with Crippen molar-refractivity contribution in [2.75, 3.05) is 19.5 Å². The number of nitrogens with one attached hydrogen (secondary N) is 1. The molecule has 3 rings (SSSR count). The molecule has 0 spiro atoms. The molecule has 6 heteroatoms. The second kappa shape index (κ2) is 9.80. The van der Waals surface area contributed by atoms with Gasteiger partial charge in [0.25, 0.3) is 5.91 Å². The second-order valence-electron chi connectivity index (χ2n) is 7.10. The number of hydrogen-bond acceptors (Lipinski definition) is 5. The van der Waals surface area contributed by atoms with Crippen LogP contribution in [-0.2, 0) is 9.53 Å². The van der Waals surface area contributed by atoms with Crippen molar-refractivity contribution in [1.29, 1.82) is 0 Å². The number of esters is 1. The van der Waals surface area contributed by atoms with Crippen LogP contribution in [0.5, 0.6) is 11.5 Å². The van der Waals surface area contributed by atoms with Crippen molar-refractivity contribution in [1.82, 2.24) is 0 Å². The summed E-state index contributed by atoms with van der Waals surface area (Å²) in [6.45, 7) is 3.85. The molecule has 3 aromatic carbocycles. The Balaban J connectivity index is 1.90. The maximum Gasteiger partial charge on any atom is 0.339 e. The lowest BCUT2D eigenvalue weighted by atomic mass is 10.1. The summed E-state index contributed by atoms with van der Waals surface area (Å²) >= 11 is 0. The maximum absolute atomic E-state index is 13.2. The minimum Gasteiger partial charge on any atom is -0.497 e. The number of amides is 1. The van der Waals surface area contributed by atoms with Gasteiger partial charge in [-0.15, -0.1) is 0 Å². The van der Waals surface area contributed by atoms with Crippen molar-refractivity contribution in [3.8, 4) is 11.5 Å². The largest absolute Gasteiger partial charge is 0.497 e. The second-order valence-corrected chi connectivity index (χ2v) is 7.10. The lowest BCUT2D eigenvalue weighted by Gasteiger charge is -2.19. The summed E-state index contributed by atoms with van der Waals surface area (Å²) in [5.74, 6) is -0.213. The summed E-state index contributed by atoms with van der Waals surface area (Å²) in [4.78, 5) is 26.1. The van der Waals surface area contributed by atoms with Crippen LogP contribution >= 0.6 is 0 Å². The Morgan fingerprint density at radius 3 is 2.10 bits per heavy atom. The van der Waals surface area contributed by atoms with Crippen LogP contribution in [0.15, 0.2) is 66.7 Å². The summed E-state index contributed by atoms with van der Waals surface area (Å²) in [6.07, 6.45) is -1.13. The molecule has 3 aromatic rings. The first-order valence-corrected chi connectivity index (χ1v) is 9.78. The molecule has 0 saturated heterocycles. The van der Waals surface area contributed by atoms with Crippen molar-refractivity contribution < 1.29 is 23.8 Å². The van der Waals surface area contributed by atoms with Gasteiger partial charge in [0.1, 0.15) is 11.5 Å². The van der Waals surface area contributed by atoms with Gasteiger partial charge in [0.15, 0.2) is 0 Å². The molecule has 1 N–H and O–H groups in total. The summed E-state index contributed by atoms with van der Waals surface area (Å²) in [5, 5.41) is 2.89. The van der Waals surface area contributed by atoms with Crippen LogP contribution in [0.1, 0.15) is 33.2 Å². The van der Waals surface area contributed by atoms with Gasteiger partial charge in [0.05, 0.1) is 19.8 Å². The third kappa shape index (κ3) is 5.42. The molecule has 0 aliphatic carbocycles. The lowest BCUT2D eigenvalue weighted by molar-refractivity contribution is -0.125. The van der Waals surface area contributed by atoms with Crippen molar-refractivity contribution in [2.24, 2.45) is 0 Å². The Morgan fingerprint density at radius 2 is 1.48 bits per heavy atom. The zero-order valence-electron chi connectivity index (χ0n) is 18.0. The summed E-state index contributed by atoms with van der Waals surface area (Å²) in [7, 11) is 2.99. The zero-order chi connectivity index (χ0) is 22.4. The topological polar surface area (TPSA) is 73.9 Å². The van der Waals surface area contributed by atoms with Crippen LogP contribution in [0.3, 0.4) is 0 Å². The number of methoxy groups -OCH3 is 2. The highest BCUT2D eigenvalue weighted by Gasteiger charge is 2.26. The molecule has 0 saturated carbocycles. The molecule has 0 unspecified atom stereocenters. The van der Waals surface area contributed by atoms with Crippen LogP contribution in [0, 0.1) is 13.8 Å². The molecule has 0 aliphatic heterocycles. The normalized spacial score (nSPS) is 11.4. The lowest BCUT2D eigenvalue weighted by Crippen LogP contribution is -2.26. The van der Waals surface area contributed by atoms with Gasteiger partial charge in [0.2, 0.25) is 6.10 Å². The van der Waals surface area contributed by atoms with E-state index in [2.05, 4.69) is 5.32 Å². The summed E-state index contributed by atoms with van der Waals surface area (Å²) in [5.41, 5.74) is 3.38. The van der Waals surface area contributed by atoms with Crippen molar-refractivity contribution in [2.45, 2.75) is 20.0 Å². The molecule has 160 valence electrons. The van der Waals surface area contributed by atoms with Gasteiger partial charge in [0, 0.05) is 17.3 Å². The van der Waals surface area contributed by atoms with E-state index in [4.69, 9.17) is 14.2 Å². The SMILES string of the molecule is COc1cc(OC)cc(C(=O)O[C@H](C(=O)Nc2cc(C)ccc2C)c2ccccc2)c1. The fourth-order valence-electron chi connectivity index (χ4n) is 3.07. The molecule has 0 aliphatic rings. The number of aryl methyl sites for hydroxylation is 2. The highest BCUT2D eigenvalue weighted by molar-refractivity contribution is 5.98. The number of rotatable bonds is 7. The number of ether oxygens (including phenoxy) is 3. The van der Waals surface area contributed by atoms with Gasteiger partial charge in [-0.2, -0.15) is 0 Å². The molecule has 0 aromatic heterocycles. The Hall–Kier alpha value is -3.80. The van der Waals surface area contributed by atoms with E-state index in [0.29, 0.717) is 22.7 Å². The predicted octanol–water partition coefficient (Wildman–Crippen LogP) is 4.86. The Labute approximate surface area is 181 Å². The number of benzene rings is 3. The van der Waals surface area contributed by atoms with Gasteiger partial charge in [-0.3, -0.25) is 4.79 Å². The predicted molar refractivity (Wildman–Crippen MR) is 119 cm³/mol. The van der Waals surface area contributed by atoms with Gasteiger partial charge in [-0.1, -0.05) is 42.5 Å². The summed E-state index contributed by atoms with van der Waals surface area (Å²) < 4.78 is 16.1. The molecule has 6 nitrogen and oxygen atoms in total. The third-order valence-electron chi connectivity index (χ3n) is 4.80. The van der Waals surface area contributed by atoms with Crippen LogP contribution in [0.25, 0.3) is 0 Å². The monoisotopic (exact) mass is 419 g/mol. The molecular weight excluding hydrogens is 394 g/mol. The standard InChI is InChI=1S/C25H25NO5/c1-16-10-11-17(2)22(12-16)26-24(27)23(18-8-6-5-7-9-18)31-25(28)19-13-20(29-3)15-21(14-19)30-4/h5-15,23H,1-4H3,(H,26,27)/t23-/m0/s1. The molecular formula is C25H25NO5. The first-order chi connectivity index (χ1) is 14.9. The van der Waals surface area contributed by atoms with Gasteiger partial charge in [-0.05, 0) is 43.2 Å². The van der Waals surface area contributed by atoms with Crippen molar-refractivity contribution >= 4 is 17.6 Å². The fraction of sp³-hybridized carbons (Fsp3) is 0.200. The van der Waals surface area contributed by atoms with E-state index in [1.54, 1.807) is 30.3 Å². The van der Waals surface area contributed by atoms with E-state index in [1.807, 2.05) is 38.1 Å². The molecule has 0 heterocycles. The number of carbonyl (C=O) groups excluding carboxylic acids is 2. The van der Waals surface area contributed by atoms with E-state index in [0.717, 1.165) is 11.1 Å². The van der Waals surface area contributed by atoms with Crippen LogP contribution < -0.4 is 14.8 Å². The van der Waals surface area contributed by atoms with Crippen LogP contribution in [-0.4, -0.2) is 26.1 Å². The Morgan fingerprint density at radius 1 is 0.839 bits per heavy atom. The smallest absolute Gasteiger partial charge is 0.339 e. The van der Waals surface area contributed by atoms with Crippen LogP contribution in [0.4, 0.5) is 5.69 Å². The highest BCUT2D eigenvalue weighted by atomic mass is 16.5. The van der Waals surface area contributed by atoms with E-state index >= 15 is 0 Å². The highest BCUT2D eigenvalue weighted by Crippen LogP contribution is 2.27. The van der Waals surface area contributed by atoms with E-state index in [-0.39, 0.29) is 5.56 Å². The average molecular weight is 419 g/mol.